The van der Waals surface area contributed by atoms with E-state index in [1.165, 1.54) is 0 Å². The van der Waals surface area contributed by atoms with Crippen LogP contribution in [0.5, 0.6) is 0 Å². The van der Waals surface area contributed by atoms with E-state index in [1.807, 2.05) is 0 Å². The monoisotopic (exact) mass is 284 g/mol. The predicted molar refractivity (Wildman–Crippen MR) is 56.9 cm³/mol. The van der Waals surface area contributed by atoms with E-state index in [9.17, 15) is 14.9 Å². The Labute approximate surface area is 98.7 Å². The molecule has 1 rings (SSSR count). The smallest absolute Gasteiger partial charge is 0.339 e. The number of ether oxygens (including phenoxy) is 1. The minimum Gasteiger partial charge on any atom is -0.465 e. The van der Waals surface area contributed by atoms with Gasteiger partial charge in [-0.2, -0.15) is 5.26 Å². The average molecular weight is 285 g/mol. The molecule has 0 amide bonds. The number of halogens is 1. The molecule has 16 heavy (non-hydrogen) atoms. The number of rotatable bonds is 2. The summed E-state index contributed by atoms with van der Waals surface area (Å²) in [5.74, 6) is -0.743. The van der Waals surface area contributed by atoms with Crippen molar-refractivity contribution in [3.8, 4) is 6.07 Å². The fraction of sp³-hybridized carbons (Fsp3) is 0.111. The quantitative estimate of drug-likeness (QED) is 0.470. The first kappa shape index (κ1) is 12.1. The molecule has 0 fully saturated rings. The zero-order valence-corrected chi connectivity index (χ0v) is 9.65. The van der Waals surface area contributed by atoms with Crippen LogP contribution in [0.25, 0.3) is 0 Å². The molecule has 0 aliphatic carbocycles. The summed E-state index contributed by atoms with van der Waals surface area (Å²) in [6.45, 7) is 0. The van der Waals surface area contributed by atoms with Gasteiger partial charge in [-0.3, -0.25) is 10.1 Å². The van der Waals surface area contributed by atoms with Gasteiger partial charge < -0.3 is 4.74 Å². The van der Waals surface area contributed by atoms with Crippen molar-refractivity contribution in [3.05, 3.63) is 37.8 Å². The second-order valence-corrected chi connectivity index (χ2v) is 3.51. The highest BCUT2D eigenvalue weighted by Crippen LogP contribution is 2.27. The Morgan fingerprint density at radius 1 is 1.62 bits per heavy atom. The van der Waals surface area contributed by atoms with E-state index < -0.39 is 10.9 Å². The molecule has 0 aromatic heterocycles. The molecule has 0 saturated carbocycles. The number of hydrogen-bond acceptors (Lipinski definition) is 5. The first-order chi connectivity index (χ1) is 7.51. The average Bonchev–Trinajstić information content (AvgIpc) is 2.28. The number of carbonyl (C=O) groups excluding carboxylic acids is 1. The number of nitriles is 1. The number of nitro groups is 1. The highest BCUT2D eigenvalue weighted by molar-refractivity contribution is 9.10. The summed E-state index contributed by atoms with van der Waals surface area (Å²) in [6.07, 6.45) is 0. The van der Waals surface area contributed by atoms with Gasteiger partial charge in [0.15, 0.2) is 0 Å². The van der Waals surface area contributed by atoms with E-state index in [2.05, 4.69) is 20.7 Å². The van der Waals surface area contributed by atoms with Gasteiger partial charge in [-0.05, 0) is 15.9 Å². The van der Waals surface area contributed by atoms with Crippen molar-refractivity contribution >= 4 is 27.6 Å². The van der Waals surface area contributed by atoms with Crippen LogP contribution in [0.15, 0.2) is 16.6 Å². The van der Waals surface area contributed by atoms with E-state index in [4.69, 9.17) is 5.26 Å². The van der Waals surface area contributed by atoms with E-state index >= 15 is 0 Å². The molecule has 0 saturated heterocycles. The molecule has 0 unspecified atom stereocenters. The second kappa shape index (κ2) is 4.72. The minimum absolute atomic E-state index is 0.00889. The van der Waals surface area contributed by atoms with Gasteiger partial charge in [0.2, 0.25) is 0 Å². The molecule has 0 spiro atoms. The number of hydrogen-bond donors (Lipinski definition) is 0. The van der Waals surface area contributed by atoms with Gasteiger partial charge in [-0.25, -0.2) is 4.79 Å². The molecule has 1 aromatic rings. The summed E-state index contributed by atoms with van der Waals surface area (Å²) in [5, 5.41) is 19.3. The maximum atomic E-state index is 11.3. The predicted octanol–water partition coefficient (Wildman–Crippen LogP) is 2.02. The van der Waals surface area contributed by atoms with Crippen LogP contribution in [-0.2, 0) is 4.74 Å². The third-order valence-corrected chi connectivity index (χ3v) is 2.65. The zero-order valence-electron chi connectivity index (χ0n) is 8.06. The normalized spacial score (nSPS) is 9.31. The van der Waals surface area contributed by atoms with Gasteiger partial charge in [0, 0.05) is 12.1 Å². The summed E-state index contributed by atoms with van der Waals surface area (Å²) < 4.78 is 4.64. The number of methoxy groups -OCH3 is 1. The molecule has 82 valence electrons. The first-order valence-corrected chi connectivity index (χ1v) is 4.77. The van der Waals surface area contributed by atoms with Crippen molar-refractivity contribution in [3.63, 3.8) is 0 Å². The lowest BCUT2D eigenvalue weighted by molar-refractivity contribution is -0.384. The van der Waals surface area contributed by atoms with Crippen LogP contribution in [0.1, 0.15) is 15.9 Å². The molecule has 7 heteroatoms. The Morgan fingerprint density at radius 2 is 2.25 bits per heavy atom. The fourth-order valence-corrected chi connectivity index (χ4v) is 1.53. The molecule has 6 nitrogen and oxygen atoms in total. The summed E-state index contributed by atoms with van der Waals surface area (Å²) in [6, 6.07) is 3.88. The van der Waals surface area contributed by atoms with E-state index in [-0.39, 0.29) is 21.3 Å². The van der Waals surface area contributed by atoms with Gasteiger partial charge in [0.05, 0.1) is 27.6 Å². The third-order valence-electron chi connectivity index (χ3n) is 1.79. The Kier molecular flexibility index (Phi) is 3.58. The molecule has 0 aliphatic heterocycles. The highest BCUT2D eigenvalue weighted by atomic mass is 79.9. The lowest BCUT2D eigenvalue weighted by Gasteiger charge is -2.03. The van der Waals surface area contributed by atoms with Crippen LogP contribution in [0.3, 0.4) is 0 Å². The van der Waals surface area contributed by atoms with Crippen LogP contribution in [0, 0.1) is 21.4 Å². The number of nitrogens with zero attached hydrogens (tertiary/aromatic N) is 2. The van der Waals surface area contributed by atoms with Crippen LogP contribution in [0.2, 0.25) is 0 Å². The van der Waals surface area contributed by atoms with Crippen molar-refractivity contribution in [2.75, 3.05) is 7.11 Å². The molecule has 0 atom stereocenters. The molecule has 0 bridgehead atoms. The third kappa shape index (κ3) is 2.17. The lowest BCUT2D eigenvalue weighted by Crippen LogP contribution is -2.04. The molecular weight excluding hydrogens is 280 g/mol. The van der Waals surface area contributed by atoms with Crippen molar-refractivity contribution in [2.45, 2.75) is 0 Å². The SMILES string of the molecule is COC(=O)c1cc([N+](=O)[O-])cc(C#N)c1Br. The van der Waals surface area contributed by atoms with E-state index in [1.54, 1.807) is 6.07 Å². The number of nitro benzene ring substituents is 1. The molecule has 1 aromatic carbocycles. The van der Waals surface area contributed by atoms with Gasteiger partial charge in [0.25, 0.3) is 5.69 Å². The topological polar surface area (TPSA) is 93.2 Å². The summed E-state index contributed by atoms with van der Waals surface area (Å²) in [5.41, 5.74) is -0.372. The summed E-state index contributed by atoms with van der Waals surface area (Å²) in [7, 11) is 1.15. The molecular formula is C9H5BrN2O4. The summed E-state index contributed by atoms with van der Waals surface area (Å²) >= 11 is 3.02. The van der Waals surface area contributed by atoms with Crippen molar-refractivity contribution < 1.29 is 14.5 Å². The Morgan fingerprint density at radius 3 is 2.69 bits per heavy atom. The second-order valence-electron chi connectivity index (χ2n) is 2.72. The van der Waals surface area contributed by atoms with Gasteiger partial charge >= 0.3 is 5.97 Å². The fourth-order valence-electron chi connectivity index (χ4n) is 1.05. The van der Waals surface area contributed by atoms with Crippen LogP contribution < -0.4 is 0 Å². The van der Waals surface area contributed by atoms with E-state index in [0.29, 0.717) is 0 Å². The molecule has 0 heterocycles. The molecule has 0 N–H and O–H groups in total. The highest BCUT2D eigenvalue weighted by Gasteiger charge is 2.19. The number of esters is 1. The maximum absolute atomic E-state index is 11.3. The van der Waals surface area contributed by atoms with Gasteiger partial charge in [-0.1, -0.05) is 0 Å². The van der Waals surface area contributed by atoms with E-state index in [0.717, 1.165) is 19.2 Å². The number of non-ortho nitro benzene ring substituents is 1. The van der Waals surface area contributed by atoms with Gasteiger partial charge in [-0.15, -0.1) is 0 Å². The Bertz CT molecular complexity index is 507. The van der Waals surface area contributed by atoms with Crippen LogP contribution in [0.4, 0.5) is 5.69 Å². The largest absolute Gasteiger partial charge is 0.465 e. The van der Waals surface area contributed by atoms with Crippen molar-refractivity contribution in [1.82, 2.24) is 0 Å². The van der Waals surface area contributed by atoms with Crippen molar-refractivity contribution in [1.29, 1.82) is 5.26 Å². The standard InChI is InChI=1S/C9H5BrN2O4/c1-16-9(13)7-3-6(12(14)15)2-5(4-11)8(7)10/h2-3H,1H3. The van der Waals surface area contributed by atoms with Crippen LogP contribution >= 0.6 is 15.9 Å². The molecule has 0 aliphatic rings. The van der Waals surface area contributed by atoms with Gasteiger partial charge in [0.1, 0.15) is 6.07 Å². The number of carbonyl (C=O) groups is 1. The number of benzene rings is 1. The van der Waals surface area contributed by atoms with Crippen LogP contribution in [-0.4, -0.2) is 18.0 Å². The van der Waals surface area contributed by atoms with Crippen molar-refractivity contribution in [2.24, 2.45) is 0 Å². The maximum Gasteiger partial charge on any atom is 0.339 e. The Balaban J connectivity index is 3.49. The molecule has 0 radical (unpaired) electrons. The zero-order chi connectivity index (χ0) is 12.3. The summed E-state index contributed by atoms with van der Waals surface area (Å²) in [4.78, 5) is 21.2. The first-order valence-electron chi connectivity index (χ1n) is 3.97. The lowest BCUT2D eigenvalue weighted by atomic mass is 10.1. The Hall–Kier alpha value is -1.94. The minimum atomic E-state index is -0.743.